The summed E-state index contributed by atoms with van der Waals surface area (Å²) in [6, 6.07) is 9.00. The minimum Gasteiger partial charge on any atom is -0.392 e. The second kappa shape index (κ2) is 5.89. The number of nitrogens with one attached hydrogen (secondary N) is 1. The van der Waals surface area contributed by atoms with Crippen LogP contribution in [0.4, 0.5) is 0 Å². The maximum absolute atomic E-state index is 9.14. The van der Waals surface area contributed by atoms with E-state index in [0.29, 0.717) is 12.6 Å². The van der Waals surface area contributed by atoms with E-state index in [1.807, 2.05) is 0 Å². The number of aliphatic hydroxyl groups is 1. The molecule has 1 rings (SSSR count). The van der Waals surface area contributed by atoms with Crippen LogP contribution in [0.3, 0.4) is 0 Å². The molecule has 2 nitrogen and oxygen atoms in total. The molecule has 0 fully saturated rings. The first-order valence-electron chi connectivity index (χ1n) is 5.55. The van der Waals surface area contributed by atoms with E-state index < -0.39 is 0 Å². The van der Waals surface area contributed by atoms with Gasteiger partial charge in [0.1, 0.15) is 0 Å². The summed E-state index contributed by atoms with van der Waals surface area (Å²) in [4.78, 5) is 0. The second-order valence-corrected chi connectivity index (χ2v) is 4.35. The fraction of sp³-hybridized carbons (Fsp3) is 0.538. The smallest absolute Gasteiger partial charge is 0.0636 e. The van der Waals surface area contributed by atoms with E-state index in [0.717, 1.165) is 6.42 Å². The highest BCUT2D eigenvalue weighted by atomic mass is 16.3. The number of benzene rings is 1. The van der Waals surface area contributed by atoms with Gasteiger partial charge in [0.15, 0.2) is 0 Å². The first kappa shape index (κ1) is 12.2. The average Bonchev–Trinajstić information content (AvgIpc) is 2.19. The van der Waals surface area contributed by atoms with Gasteiger partial charge in [-0.3, -0.25) is 0 Å². The Morgan fingerprint density at radius 2 is 1.80 bits per heavy atom. The van der Waals surface area contributed by atoms with Gasteiger partial charge in [0.05, 0.1) is 6.10 Å². The van der Waals surface area contributed by atoms with Crippen molar-refractivity contribution in [1.82, 2.24) is 5.32 Å². The molecule has 84 valence electrons. The second-order valence-electron chi connectivity index (χ2n) is 4.35. The van der Waals surface area contributed by atoms with Crippen LogP contribution in [0, 0.1) is 6.92 Å². The lowest BCUT2D eigenvalue weighted by Gasteiger charge is -2.15. The molecule has 1 unspecified atom stereocenters. The molecule has 2 atom stereocenters. The summed E-state index contributed by atoms with van der Waals surface area (Å²) in [5.41, 5.74) is 2.63. The predicted molar refractivity (Wildman–Crippen MR) is 64.0 cm³/mol. The van der Waals surface area contributed by atoms with E-state index in [4.69, 9.17) is 5.11 Å². The van der Waals surface area contributed by atoms with Crippen LogP contribution in [0.5, 0.6) is 0 Å². The zero-order valence-corrected chi connectivity index (χ0v) is 9.83. The summed E-state index contributed by atoms with van der Waals surface area (Å²) < 4.78 is 0. The van der Waals surface area contributed by atoms with E-state index in [-0.39, 0.29) is 6.10 Å². The molecule has 0 bridgehead atoms. The first-order valence-corrected chi connectivity index (χ1v) is 5.55. The van der Waals surface area contributed by atoms with Gasteiger partial charge in [-0.15, -0.1) is 0 Å². The van der Waals surface area contributed by atoms with E-state index in [1.165, 1.54) is 11.1 Å². The zero-order chi connectivity index (χ0) is 11.3. The Morgan fingerprint density at radius 3 is 2.33 bits per heavy atom. The zero-order valence-electron chi connectivity index (χ0n) is 9.83. The normalized spacial score (nSPS) is 14.9. The Hall–Kier alpha value is -0.860. The quantitative estimate of drug-likeness (QED) is 0.773. The van der Waals surface area contributed by atoms with Gasteiger partial charge in [-0.25, -0.2) is 0 Å². The molecule has 0 heterocycles. The molecule has 15 heavy (non-hydrogen) atoms. The van der Waals surface area contributed by atoms with Crippen LogP contribution < -0.4 is 5.32 Å². The largest absolute Gasteiger partial charge is 0.392 e. The monoisotopic (exact) mass is 207 g/mol. The summed E-state index contributed by atoms with van der Waals surface area (Å²) in [5, 5.41) is 12.4. The number of hydrogen-bond acceptors (Lipinski definition) is 2. The van der Waals surface area contributed by atoms with Gasteiger partial charge in [-0.05, 0) is 32.8 Å². The van der Waals surface area contributed by atoms with Gasteiger partial charge in [0, 0.05) is 12.6 Å². The van der Waals surface area contributed by atoms with Crippen LogP contribution in [-0.4, -0.2) is 23.8 Å². The summed E-state index contributed by atoms with van der Waals surface area (Å²) in [6.07, 6.45) is 0.734. The number of aryl methyl sites for hydroxylation is 1. The Labute approximate surface area is 92.3 Å². The van der Waals surface area contributed by atoms with Crippen molar-refractivity contribution >= 4 is 0 Å². The third-order valence-electron chi connectivity index (χ3n) is 2.42. The molecule has 0 aromatic heterocycles. The Kier molecular flexibility index (Phi) is 4.79. The third-order valence-corrected chi connectivity index (χ3v) is 2.42. The van der Waals surface area contributed by atoms with Crippen LogP contribution in [0.2, 0.25) is 0 Å². The Morgan fingerprint density at radius 1 is 1.20 bits per heavy atom. The third kappa shape index (κ3) is 4.96. The van der Waals surface area contributed by atoms with E-state index in [1.54, 1.807) is 6.92 Å². The van der Waals surface area contributed by atoms with Crippen molar-refractivity contribution in [2.24, 2.45) is 0 Å². The van der Waals surface area contributed by atoms with Crippen LogP contribution >= 0.6 is 0 Å². The standard InChI is InChI=1S/C13H21NO/c1-10-4-6-13(7-5-10)8-11(2)14-9-12(3)15/h4-7,11-12,14-15H,8-9H2,1-3H3/t11?,12-/m1/s1. The van der Waals surface area contributed by atoms with Gasteiger partial charge in [-0.1, -0.05) is 29.8 Å². The number of rotatable bonds is 5. The lowest BCUT2D eigenvalue weighted by atomic mass is 10.1. The molecule has 0 saturated carbocycles. The summed E-state index contributed by atoms with van der Waals surface area (Å²) in [5.74, 6) is 0. The van der Waals surface area contributed by atoms with Gasteiger partial charge >= 0.3 is 0 Å². The van der Waals surface area contributed by atoms with Crippen molar-refractivity contribution in [1.29, 1.82) is 0 Å². The molecule has 2 heteroatoms. The molecule has 2 N–H and O–H groups in total. The fourth-order valence-electron chi connectivity index (χ4n) is 1.52. The SMILES string of the molecule is Cc1ccc(CC(C)NC[C@@H](C)O)cc1. The van der Waals surface area contributed by atoms with Gasteiger partial charge in [-0.2, -0.15) is 0 Å². The van der Waals surface area contributed by atoms with Crippen molar-refractivity contribution in [3.8, 4) is 0 Å². The molecule has 0 aliphatic carbocycles. The molecule has 0 amide bonds. The average molecular weight is 207 g/mol. The van der Waals surface area contributed by atoms with Crippen molar-refractivity contribution < 1.29 is 5.11 Å². The fourth-order valence-corrected chi connectivity index (χ4v) is 1.52. The van der Waals surface area contributed by atoms with Crippen LogP contribution in [0.25, 0.3) is 0 Å². The van der Waals surface area contributed by atoms with Crippen molar-refractivity contribution in [3.05, 3.63) is 35.4 Å². The topological polar surface area (TPSA) is 32.3 Å². The highest BCUT2D eigenvalue weighted by Crippen LogP contribution is 2.05. The maximum atomic E-state index is 9.14. The molecule has 1 aromatic carbocycles. The van der Waals surface area contributed by atoms with E-state index >= 15 is 0 Å². The molecule has 1 aromatic rings. The predicted octanol–water partition coefficient (Wildman–Crippen LogP) is 1.90. The van der Waals surface area contributed by atoms with E-state index in [2.05, 4.69) is 43.4 Å². The lowest BCUT2D eigenvalue weighted by Crippen LogP contribution is -2.33. The number of hydrogen-bond donors (Lipinski definition) is 2. The molecule has 0 aliphatic heterocycles. The van der Waals surface area contributed by atoms with Crippen LogP contribution in [-0.2, 0) is 6.42 Å². The maximum Gasteiger partial charge on any atom is 0.0636 e. The minimum atomic E-state index is -0.273. The molecular weight excluding hydrogens is 186 g/mol. The molecule has 0 aliphatic rings. The highest BCUT2D eigenvalue weighted by molar-refractivity contribution is 5.21. The van der Waals surface area contributed by atoms with Crippen molar-refractivity contribution in [2.45, 2.75) is 39.3 Å². The van der Waals surface area contributed by atoms with Crippen molar-refractivity contribution in [2.75, 3.05) is 6.54 Å². The summed E-state index contributed by atoms with van der Waals surface area (Å²) in [7, 11) is 0. The molecule has 0 spiro atoms. The van der Waals surface area contributed by atoms with E-state index in [9.17, 15) is 0 Å². The summed E-state index contributed by atoms with van der Waals surface area (Å²) in [6.45, 7) is 6.69. The Bertz CT molecular complexity index is 279. The van der Waals surface area contributed by atoms with Gasteiger partial charge in [0.25, 0.3) is 0 Å². The summed E-state index contributed by atoms with van der Waals surface area (Å²) >= 11 is 0. The molecular formula is C13H21NO. The lowest BCUT2D eigenvalue weighted by molar-refractivity contribution is 0.187. The highest BCUT2D eigenvalue weighted by Gasteiger charge is 2.04. The molecule has 0 saturated heterocycles. The van der Waals surface area contributed by atoms with Gasteiger partial charge in [0.2, 0.25) is 0 Å². The Balaban J connectivity index is 2.37. The number of aliphatic hydroxyl groups excluding tert-OH is 1. The van der Waals surface area contributed by atoms with Crippen LogP contribution in [0.1, 0.15) is 25.0 Å². The minimum absolute atomic E-state index is 0.273. The van der Waals surface area contributed by atoms with Crippen molar-refractivity contribution in [3.63, 3.8) is 0 Å². The van der Waals surface area contributed by atoms with Crippen LogP contribution in [0.15, 0.2) is 24.3 Å². The molecule has 0 radical (unpaired) electrons. The first-order chi connectivity index (χ1) is 7.08. The van der Waals surface area contributed by atoms with Gasteiger partial charge < -0.3 is 10.4 Å².